The van der Waals surface area contributed by atoms with E-state index >= 15 is 0 Å². The van der Waals surface area contributed by atoms with Gasteiger partial charge in [-0.05, 0) is 36.1 Å². The molecule has 3 atom stereocenters. The van der Waals surface area contributed by atoms with E-state index in [1.165, 1.54) is 35.2 Å². The van der Waals surface area contributed by atoms with Crippen LogP contribution in [0.15, 0.2) is 53.4 Å². The minimum atomic E-state index is -3.81. The summed E-state index contributed by atoms with van der Waals surface area (Å²) in [6, 6.07) is 10.1. The van der Waals surface area contributed by atoms with Crippen molar-refractivity contribution in [2.24, 2.45) is 11.8 Å². The highest BCUT2D eigenvalue weighted by Gasteiger charge is 2.58. The zero-order valence-electron chi connectivity index (χ0n) is 14.5. The van der Waals surface area contributed by atoms with Gasteiger partial charge in [0.1, 0.15) is 5.82 Å². The summed E-state index contributed by atoms with van der Waals surface area (Å²) < 4.78 is 41.3. The highest BCUT2D eigenvalue weighted by atomic mass is 32.2. The minimum absolute atomic E-state index is 0.00631. The van der Waals surface area contributed by atoms with Gasteiger partial charge in [-0.2, -0.15) is 0 Å². The Morgan fingerprint density at radius 3 is 2.29 bits per heavy atom. The van der Waals surface area contributed by atoms with Crippen molar-refractivity contribution in [1.82, 2.24) is 9.62 Å². The Hall–Kier alpha value is -2.85. The number of carbonyl (C=O) groups is 1. The Bertz CT molecular complexity index is 1050. The third-order valence-electron chi connectivity index (χ3n) is 5.23. The molecule has 1 saturated carbocycles. The molecular formula is C18H16FN3O5S. The molecule has 2 unspecified atom stereocenters. The number of halogens is 1. The fraction of sp³-hybridized carbons (Fsp3) is 0.278. The molecule has 1 aliphatic heterocycles. The summed E-state index contributed by atoms with van der Waals surface area (Å²) in [7, 11) is -3.81. The molecule has 1 heterocycles. The summed E-state index contributed by atoms with van der Waals surface area (Å²) >= 11 is 0. The molecule has 10 heteroatoms. The van der Waals surface area contributed by atoms with E-state index in [1.54, 1.807) is 6.07 Å². The molecule has 0 bridgehead atoms. The lowest BCUT2D eigenvalue weighted by Crippen LogP contribution is -2.37. The van der Waals surface area contributed by atoms with E-state index in [0.717, 1.165) is 12.1 Å². The lowest BCUT2D eigenvalue weighted by atomic mass is 10.2. The average Bonchev–Trinajstić information content (AvgIpc) is 3.10. The number of rotatable bonds is 5. The third-order valence-corrected chi connectivity index (χ3v) is 6.71. The molecule has 1 N–H and O–H groups in total. The third kappa shape index (κ3) is 3.25. The topological polar surface area (TPSA) is 110 Å². The molecule has 0 aromatic heterocycles. The number of amides is 1. The van der Waals surface area contributed by atoms with Crippen molar-refractivity contribution in [2.75, 3.05) is 13.1 Å². The summed E-state index contributed by atoms with van der Waals surface area (Å²) in [5.74, 6) is -1.03. The quantitative estimate of drug-likeness (QED) is 0.602. The lowest BCUT2D eigenvalue weighted by molar-refractivity contribution is -0.384. The van der Waals surface area contributed by atoms with Crippen molar-refractivity contribution in [3.05, 3.63) is 70.0 Å². The van der Waals surface area contributed by atoms with Crippen LogP contribution >= 0.6 is 0 Å². The first-order valence-electron chi connectivity index (χ1n) is 8.58. The number of carbonyl (C=O) groups excluding carboxylic acids is 1. The number of nitro groups is 1. The van der Waals surface area contributed by atoms with Crippen LogP contribution in [0.3, 0.4) is 0 Å². The number of nitro benzene ring substituents is 1. The second-order valence-electron chi connectivity index (χ2n) is 6.92. The maximum atomic E-state index is 13.8. The van der Waals surface area contributed by atoms with Gasteiger partial charge in [-0.3, -0.25) is 14.9 Å². The second-order valence-corrected chi connectivity index (χ2v) is 8.63. The fourth-order valence-electron chi connectivity index (χ4n) is 3.67. The normalized spacial score (nSPS) is 23.3. The van der Waals surface area contributed by atoms with Crippen molar-refractivity contribution in [2.45, 2.75) is 10.9 Å². The summed E-state index contributed by atoms with van der Waals surface area (Å²) in [6.07, 6.45) is 0. The smallest absolute Gasteiger partial charge is 0.269 e. The highest BCUT2D eigenvalue weighted by Crippen LogP contribution is 2.46. The number of hydrogen-bond donors (Lipinski definition) is 1. The van der Waals surface area contributed by atoms with Crippen LogP contribution in [0.2, 0.25) is 0 Å². The molecule has 28 heavy (non-hydrogen) atoms. The lowest BCUT2D eigenvalue weighted by Gasteiger charge is -2.20. The van der Waals surface area contributed by atoms with Gasteiger partial charge in [-0.25, -0.2) is 17.5 Å². The Balaban J connectivity index is 1.39. The first-order chi connectivity index (χ1) is 13.3. The zero-order chi connectivity index (χ0) is 20.1. The monoisotopic (exact) mass is 405 g/mol. The molecule has 2 fully saturated rings. The molecule has 0 radical (unpaired) electrons. The number of piperidine rings is 1. The molecule has 0 spiro atoms. The number of likely N-dealkylation sites (tertiary alicyclic amines) is 1. The van der Waals surface area contributed by atoms with Crippen molar-refractivity contribution in [1.29, 1.82) is 0 Å². The van der Waals surface area contributed by atoms with Gasteiger partial charge < -0.3 is 4.90 Å². The van der Waals surface area contributed by atoms with Crippen LogP contribution in [-0.2, 0) is 10.0 Å². The summed E-state index contributed by atoms with van der Waals surface area (Å²) in [5.41, 5.74) is -0.184. The molecule has 1 amide bonds. The maximum absolute atomic E-state index is 13.8. The average molecular weight is 405 g/mol. The summed E-state index contributed by atoms with van der Waals surface area (Å²) in [6.45, 7) is 0.705. The summed E-state index contributed by atoms with van der Waals surface area (Å²) in [5, 5.41) is 10.7. The van der Waals surface area contributed by atoms with Crippen molar-refractivity contribution in [3.63, 3.8) is 0 Å². The van der Waals surface area contributed by atoms with E-state index in [0.29, 0.717) is 13.1 Å². The zero-order valence-corrected chi connectivity index (χ0v) is 15.3. The molecular weight excluding hydrogens is 389 g/mol. The molecule has 2 aromatic carbocycles. The fourth-order valence-corrected chi connectivity index (χ4v) is 5.00. The molecule has 4 rings (SSSR count). The van der Waals surface area contributed by atoms with Crippen LogP contribution in [-0.4, -0.2) is 43.3 Å². The largest absolute Gasteiger partial charge is 0.338 e. The van der Waals surface area contributed by atoms with E-state index < -0.39 is 26.7 Å². The number of fused-ring (bicyclic) bond motifs is 1. The number of benzene rings is 2. The van der Waals surface area contributed by atoms with Gasteiger partial charge in [-0.15, -0.1) is 0 Å². The number of sulfonamides is 1. The Kier molecular flexibility index (Phi) is 4.39. The molecule has 1 saturated heterocycles. The van der Waals surface area contributed by atoms with Gasteiger partial charge in [0, 0.05) is 31.3 Å². The van der Waals surface area contributed by atoms with Gasteiger partial charge in [-0.1, -0.05) is 12.1 Å². The van der Waals surface area contributed by atoms with E-state index in [1.807, 2.05) is 0 Å². The first-order valence-corrected chi connectivity index (χ1v) is 10.1. The number of hydrogen-bond acceptors (Lipinski definition) is 5. The highest BCUT2D eigenvalue weighted by molar-refractivity contribution is 7.89. The minimum Gasteiger partial charge on any atom is -0.338 e. The maximum Gasteiger partial charge on any atom is 0.269 e. The van der Waals surface area contributed by atoms with Gasteiger partial charge in [0.25, 0.3) is 11.6 Å². The Morgan fingerprint density at radius 1 is 1.11 bits per heavy atom. The standard InChI is InChI=1S/C18H16FN3O5S/c19-16-4-2-1-3-13(16)18(23)21-9-14-15(10-21)17(14)20-28(26,27)12-7-5-11(6-8-12)22(24)25/h1-8,14-15,17,20H,9-10H2/t14-,15?,17?/m0/s1. The van der Waals surface area contributed by atoms with Crippen LogP contribution < -0.4 is 4.72 Å². The number of nitrogens with zero attached hydrogens (tertiary/aromatic N) is 2. The number of non-ortho nitro benzene ring substituents is 1. The number of nitrogens with one attached hydrogen (secondary N) is 1. The molecule has 146 valence electrons. The second kappa shape index (κ2) is 6.64. The predicted octanol–water partition coefficient (Wildman–Crippen LogP) is 1.78. The van der Waals surface area contributed by atoms with Crippen LogP contribution in [0.4, 0.5) is 10.1 Å². The Morgan fingerprint density at radius 2 is 1.71 bits per heavy atom. The van der Waals surface area contributed by atoms with Crippen LogP contribution in [0.1, 0.15) is 10.4 Å². The van der Waals surface area contributed by atoms with E-state index in [4.69, 9.17) is 0 Å². The predicted molar refractivity (Wildman–Crippen MR) is 96.5 cm³/mol. The molecule has 8 nitrogen and oxygen atoms in total. The van der Waals surface area contributed by atoms with Crippen LogP contribution in [0, 0.1) is 27.8 Å². The van der Waals surface area contributed by atoms with Gasteiger partial charge >= 0.3 is 0 Å². The van der Waals surface area contributed by atoms with E-state index in [9.17, 15) is 27.7 Å². The molecule has 1 aliphatic carbocycles. The van der Waals surface area contributed by atoms with Gasteiger partial charge in [0.2, 0.25) is 10.0 Å². The SMILES string of the molecule is O=C(c1ccccc1F)N1CC2C(NS(=O)(=O)c3ccc([N+](=O)[O-])cc3)[C@H]2C1. The molecule has 2 aliphatic rings. The van der Waals surface area contributed by atoms with Gasteiger partial charge in [0.15, 0.2) is 0 Å². The van der Waals surface area contributed by atoms with E-state index in [2.05, 4.69) is 4.72 Å². The van der Waals surface area contributed by atoms with Crippen LogP contribution in [0.5, 0.6) is 0 Å². The molecule has 2 aromatic rings. The van der Waals surface area contributed by atoms with Crippen molar-refractivity contribution < 1.29 is 22.5 Å². The van der Waals surface area contributed by atoms with Crippen LogP contribution in [0.25, 0.3) is 0 Å². The first kappa shape index (κ1) is 18.5. The van der Waals surface area contributed by atoms with Crippen molar-refractivity contribution >= 4 is 21.6 Å². The summed E-state index contributed by atoms with van der Waals surface area (Å²) in [4.78, 5) is 24.0. The Labute approximate surface area is 160 Å². The van der Waals surface area contributed by atoms with Crippen molar-refractivity contribution in [3.8, 4) is 0 Å². The van der Waals surface area contributed by atoms with E-state index in [-0.39, 0.29) is 34.0 Å². The van der Waals surface area contributed by atoms with Gasteiger partial charge in [0.05, 0.1) is 15.4 Å².